The molecule has 0 radical (unpaired) electrons. The van der Waals surface area contributed by atoms with E-state index in [4.69, 9.17) is 10.8 Å². The van der Waals surface area contributed by atoms with Crippen LogP contribution in [0.15, 0.2) is 30.5 Å². The van der Waals surface area contributed by atoms with Crippen molar-refractivity contribution in [1.82, 2.24) is 20.5 Å². The van der Waals surface area contributed by atoms with E-state index in [9.17, 15) is 39.0 Å². The Bertz CT molecular complexity index is 1240. The average Bonchev–Trinajstić information content (AvgIpc) is 3.49. The van der Waals surface area contributed by atoms with Crippen LogP contribution in [0.5, 0.6) is 0 Å². The van der Waals surface area contributed by atoms with E-state index in [2.05, 4.69) is 15.6 Å². The van der Waals surface area contributed by atoms with E-state index in [1.165, 1.54) is 0 Å². The van der Waals surface area contributed by atoms with Crippen LogP contribution in [0.4, 0.5) is 0 Å². The smallest absolute Gasteiger partial charge is 0.326 e. The van der Waals surface area contributed by atoms with Gasteiger partial charge >= 0.3 is 17.9 Å². The molecule has 8 N–H and O–H groups in total. The average molecular weight is 532 g/mol. The molecule has 3 amide bonds. The number of carbonyl (C=O) groups is 6. The van der Waals surface area contributed by atoms with Crippen molar-refractivity contribution in [3.63, 3.8) is 0 Å². The summed E-state index contributed by atoms with van der Waals surface area (Å²) in [6.45, 7) is 0.0737. The maximum atomic E-state index is 13.2. The molecule has 38 heavy (non-hydrogen) atoms. The minimum atomic E-state index is -1.60. The molecule has 2 aromatic rings. The number of amides is 3. The van der Waals surface area contributed by atoms with Gasteiger partial charge < -0.3 is 41.6 Å². The number of hydrogen-bond acceptors (Lipinski definition) is 7. The van der Waals surface area contributed by atoms with Gasteiger partial charge in [-0.3, -0.25) is 24.0 Å². The van der Waals surface area contributed by atoms with Crippen molar-refractivity contribution in [2.45, 2.75) is 56.3 Å². The lowest BCUT2D eigenvalue weighted by Gasteiger charge is -2.29. The van der Waals surface area contributed by atoms with Gasteiger partial charge in [0, 0.05) is 30.1 Å². The largest absolute Gasteiger partial charge is 0.481 e. The molecule has 4 atom stereocenters. The number of nitrogens with two attached hydrogens (primary N) is 1. The molecule has 0 saturated carbocycles. The number of carbonyl (C=O) groups excluding carboxylic acids is 3. The summed E-state index contributed by atoms with van der Waals surface area (Å²) >= 11 is 0. The number of likely N-dealkylation sites (tertiary alicyclic amines) is 1. The van der Waals surface area contributed by atoms with Gasteiger partial charge in [-0.2, -0.15) is 0 Å². The summed E-state index contributed by atoms with van der Waals surface area (Å²) in [7, 11) is 0. The summed E-state index contributed by atoms with van der Waals surface area (Å²) in [4.78, 5) is 76.8. The normalized spacial score (nSPS) is 17.4. The van der Waals surface area contributed by atoms with Gasteiger partial charge in [-0.05, 0) is 24.5 Å². The van der Waals surface area contributed by atoms with Crippen LogP contribution in [-0.4, -0.2) is 91.5 Å². The topological polar surface area (TPSA) is 232 Å². The zero-order valence-corrected chi connectivity index (χ0v) is 20.3. The molecular weight excluding hydrogens is 502 g/mol. The summed E-state index contributed by atoms with van der Waals surface area (Å²) in [6.07, 6.45) is 0.659. The van der Waals surface area contributed by atoms with Crippen molar-refractivity contribution in [3.05, 3.63) is 36.0 Å². The molecule has 204 valence electrons. The monoisotopic (exact) mass is 531 g/mol. The van der Waals surface area contributed by atoms with Crippen LogP contribution in [0, 0.1) is 0 Å². The molecule has 3 rings (SSSR count). The van der Waals surface area contributed by atoms with Crippen LogP contribution in [0.1, 0.15) is 31.2 Å². The van der Waals surface area contributed by atoms with E-state index in [-0.39, 0.29) is 19.4 Å². The van der Waals surface area contributed by atoms with E-state index in [1.807, 2.05) is 18.2 Å². The number of carboxylic acids is 3. The number of nitrogens with zero attached hydrogens (tertiary/aromatic N) is 1. The highest BCUT2D eigenvalue weighted by atomic mass is 16.4. The summed E-state index contributed by atoms with van der Waals surface area (Å²) in [5, 5.41) is 33.2. The zero-order chi connectivity index (χ0) is 28.0. The van der Waals surface area contributed by atoms with Crippen LogP contribution >= 0.6 is 0 Å². The number of aliphatic carboxylic acids is 3. The van der Waals surface area contributed by atoms with Gasteiger partial charge in [-0.1, -0.05) is 18.2 Å². The number of para-hydroxylation sites is 1. The van der Waals surface area contributed by atoms with Gasteiger partial charge in [0.2, 0.25) is 17.7 Å². The fourth-order valence-electron chi connectivity index (χ4n) is 4.43. The predicted octanol–water partition coefficient (Wildman–Crippen LogP) is -0.968. The van der Waals surface area contributed by atoms with Gasteiger partial charge in [-0.25, -0.2) is 4.79 Å². The van der Waals surface area contributed by atoms with Crippen molar-refractivity contribution >= 4 is 46.5 Å². The molecule has 0 aliphatic carbocycles. The molecule has 1 aliphatic heterocycles. The first kappa shape index (κ1) is 28.1. The van der Waals surface area contributed by atoms with E-state index in [1.54, 1.807) is 12.3 Å². The van der Waals surface area contributed by atoms with Crippen LogP contribution in [0.3, 0.4) is 0 Å². The SMILES string of the molecule is NC(CC(=O)O)C(=O)NC(CC(=O)O)C(=O)N1CCCC1C(=O)NC(Cc1c[nH]c2ccccc12)C(=O)O. The molecule has 0 spiro atoms. The highest BCUT2D eigenvalue weighted by Gasteiger charge is 2.40. The molecule has 1 aliphatic rings. The Balaban J connectivity index is 1.72. The van der Waals surface area contributed by atoms with E-state index in [0.717, 1.165) is 15.8 Å². The predicted molar refractivity (Wildman–Crippen MR) is 131 cm³/mol. The fraction of sp³-hybridized carbons (Fsp3) is 0.417. The number of carboxylic acid groups (broad SMARTS) is 3. The number of hydrogen-bond donors (Lipinski definition) is 7. The van der Waals surface area contributed by atoms with Gasteiger partial charge in [0.05, 0.1) is 18.9 Å². The Morgan fingerprint density at radius 2 is 1.68 bits per heavy atom. The van der Waals surface area contributed by atoms with Crippen LogP contribution < -0.4 is 16.4 Å². The van der Waals surface area contributed by atoms with Gasteiger partial charge in [0.25, 0.3) is 0 Å². The summed E-state index contributed by atoms with van der Waals surface area (Å²) in [5.74, 6) is -6.68. The second kappa shape index (κ2) is 12.2. The first-order valence-electron chi connectivity index (χ1n) is 11.9. The lowest BCUT2D eigenvalue weighted by Crippen LogP contribution is -2.57. The van der Waals surface area contributed by atoms with Crippen molar-refractivity contribution < 1.29 is 44.1 Å². The third-order valence-corrected chi connectivity index (χ3v) is 6.28. The van der Waals surface area contributed by atoms with Crippen LogP contribution in [0.2, 0.25) is 0 Å². The van der Waals surface area contributed by atoms with Gasteiger partial charge in [-0.15, -0.1) is 0 Å². The van der Waals surface area contributed by atoms with Gasteiger partial charge in [0.1, 0.15) is 18.1 Å². The number of benzene rings is 1. The van der Waals surface area contributed by atoms with Crippen molar-refractivity contribution in [2.75, 3.05) is 6.54 Å². The molecule has 1 aromatic carbocycles. The number of rotatable bonds is 12. The zero-order valence-electron chi connectivity index (χ0n) is 20.3. The maximum absolute atomic E-state index is 13.2. The lowest BCUT2D eigenvalue weighted by molar-refractivity contribution is -0.147. The number of nitrogens with one attached hydrogen (secondary N) is 3. The van der Waals surface area contributed by atoms with Crippen LogP contribution in [0.25, 0.3) is 10.9 Å². The molecular formula is C24H29N5O9. The van der Waals surface area contributed by atoms with E-state index >= 15 is 0 Å². The summed E-state index contributed by atoms with van der Waals surface area (Å²) < 4.78 is 0. The Hall–Kier alpha value is -4.46. The fourth-order valence-corrected chi connectivity index (χ4v) is 4.43. The molecule has 1 saturated heterocycles. The maximum Gasteiger partial charge on any atom is 0.326 e. The number of fused-ring (bicyclic) bond motifs is 1. The third kappa shape index (κ3) is 6.85. The lowest BCUT2D eigenvalue weighted by atomic mass is 10.0. The molecule has 1 aromatic heterocycles. The Labute approximate surface area is 216 Å². The molecule has 2 heterocycles. The first-order chi connectivity index (χ1) is 18.0. The quantitative estimate of drug-likeness (QED) is 0.177. The minimum absolute atomic E-state index is 0.0229. The minimum Gasteiger partial charge on any atom is -0.481 e. The molecule has 1 fully saturated rings. The summed E-state index contributed by atoms with van der Waals surface area (Å²) in [6, 6.07) is 1.76. The number of H-pyrrole nitrogens is 1. The first-order valence-corrected chi connectivity index (χ1v) is 11.9. The van der Waals surface area contributed by atoms with Crippen LogP contribution in [-0.2, 0) is 35.2 Å². The second-order valence-electron chi connectivity index (χ2n) is 9.02. The van der Waals surface area contributed by atoms with Crippen molar-refractivity contribution in [2.24, 2.45) is 5.73 Å². The van der Waals surface area contributed by atoms with Gasteiger partial charge in [0.15, 0.2) is 0 Å². The molecule has 0 bridgehead atoms. The standard InChI is InChI=1S/C24H29N5O9/c25-14(9-19(30)31)21(34)27-16(10-20(32)33)23(36)29-7-3-6-18(29)22(35)28-17(24(37)38)8-12-11-26-15-5-2-1-4-13(12)15/h1-2,4-5,11,14,16-18,26H,3,6-10,25H2,(H,27,34)(H,28,35)(H,30,31)(H,32,33)(H,37,38). The van der Waals surface area contributed by atoms with E-state index in [0.29, 0.717) is 12.0 Å². The highest BCUT2D eigenvalue weighted by molar-refractivity contribution is 5.96. The Morgan fingerprint density at radius 3 is 2.34 bits per heavy atom. The molecule has 14 nitrogen and oxygen atoms in total. The number of aromatic amines is 1. The highest BCUT2D eigenvalue weighted by Crippen LogP contribution is 2.22. The number of aromatic nitrogens is 1. The Morgan fingerprint density at radius 1 is 1.00 bits per heavy atom. The molecule has 14 heteroatoms. The summed E-state index contributed by atoms with van der Waals surface area (Å²) in [5.41, 5.74) is 6.99. The second-order valence-corrected chi connectivity index (χ2v) is 9.02. The van der Waals surface area contributed by atoms with Crippen molar-refractivity contribution in [1.29, 1.82) is 0 Å². The molecule has 4 unspecified atom stereocenters. The third-order valence-electron chi connectivity index (χ3n) is 6.28. The van der Waals surface area contributed by atoms with E-state index < -0.39 is 72.6 Å². The Kier molecular flexibility index (Phi) is 9.02. The van der Waals surface area contributed by atoms with Crippen molar-refractivity contribution in [3.8, 4) is 0 Å².